The molecule has 1 aromatic carbocycles. The van der Waals surface area contributed by atoms with Crippen LogP contribution in [0.1, 0.15) is 0 Å². The number of anilines is 4. The van der Waals surface area contributed by atoms with Crippen molar-refractivity contribution in [3.05, 3.63) is 35.6 Å². The van der Waals surface area contributed by atoms with Gasteiger partial charge in [-0.3, -0.25) is 0 Å². The second-order valence-corrected chi connectivity index (χ2v) is 4.64. The van der Waals surface area contributed by atoms with Crippen LogP contribution >= 0.6 is 11.6 Å². The molecule has 0 radical (unpaired) electrons. The van der Waals surface area contributed by atoms with Gasteiger partial charge in [0.2, 0.25) is 0 Å². The van der Waals surface area contributed by atoms with Crippen LogP contribution in [0.5, 0.6) is 0 Å². The Labute approximate surface area is 132 Å². The molecule has 0 saturated heterocycles. The highest BCUT2D eigenvalue weighted by Gasteiger charge is 2.15. The molecule has 1 aromatic heterocycles. The van der Waals surface area contributed by atoms with Crippen molar-refractivity contribution in [1.29, 1.82) is 10.5 Å². The van der Waals surface area contributed by atoms with E-state index in [1.54, 1.807) is 12.1 Å². The number of nitriles is 2. The summed E-state index contributed by atoms with van der Waals surface area (Å²) in [6.07, 6.45) is 1.31. The molecule has 0 unspecified atom stereocenters. The Morgan fingerprint density at radius 2 is 1.86 bits per heavy atom. The van der Waals surface area contributed by atoms with E-state index < -0.39 is 0 Å². The average Bonchev–Trinajstić information content (AvgIpc) is 2.51. The van der Waals surface area contributed by atoms with Crippen molar-refractivity contribution in [3.8, 4) is 12.1 Å². The first kappa shape index (κ1) is 15.4. The van der Waals surface area contributed by atoms with Crippen molar-refractivity contribution in [3.63, 3.8) is 0 Å². The summed E-state index contributed by atoms with van der Waals surface area (Å²) < 4.78 is 0. The van der Waals surface area contributed by atoms with Gasteiger partial charge in [-0.05, 0) is 12.1 Å². The lowest BCUT2D eigenvalue weighted by Crippen LogP contribution is -2.26. The van der Waals surface area contributed by atoms with Gasteiger partial charge in [0.15, 0.2) is 11.6 Å². The highest BCUT2D eigenvalue weighted by atomic mass is 35.5. The van der Waals surface area contributed by atoms with E-state index in [2.05, 4.69) is 15.3 Å². The second kappa shape index (κ2) is 7.11. The van der Waals surface area contributed by atoms with Crippen molar-refractivity contribution >= 4 is 34.6 Å². The molecule has 3 N–H and O–H groups in total. The van der Waals surface area contributed by atoms with Crippen LogP contribution in [0.2, 0.25) is 5.02 Å². The lowest BCUT2D eigenvalue weighted by atomic mass is 10.3. The van der Waals surface area contributed by atoms with Crippen LogP contribution in [-0.4, -0.2) is 23.1 Å². The molecule has 0 bridgehead atoms. The lowest BCUT2D eigenvalue weighted by molar-refractivity contribution is 0.930. The van der Waals surface area contributed by atoms with Gasteiger partial charge in [0.05, 0.1) is 22.8 Å². The van der Waals surface area contributed by atoms with E-state index >= 15 is 0 Å². The van der Waals surface area contributed by atoms with Crippen LogP contribution in [0, 0.1) is 22.7 Å². The molecule has 0 spiro atoms. The molecule has 1 heterocycles. The number of hydrogen-bond acceptors (Lipinski definition) is 7. The average molecular weight is 314 g/mol. The van der Waals surface area contributed by atoms with Crippen LogP contribution in [0.3, 0.4) is 0 Å². The Kier molecular flexibility index (Phi) is 4.97. The summed E-state index contributed by atoms with van der Waals surface area (Å²) in [5.74, 6) is 0.687. The monoisotopic (exact) mass is 313 g/mol. The quantitative estimate of drug-likeness (QED) is 0.814. The van der Waals surface area contributed by atoms with E-state index in [4.69, 9.17) is 27.9 Å². The van der Waals surface area contributed by atoms with Crippen molar-refractivity contribution in [2.75, 3.05) is 29.0 Å². The molecule has 0 aliphatic carbocycles. The first-order chi connectivity index (χ1) is 10.7. The minimum Gasteiger partial charge on any atom is -0.393 e. The molecule has 0 aliphatic heterocycles. The molecule has 0 aliphatic rings. The Morgan fingerprint density at radius 3 is 2.50 bits per heavy atom. The third kappa shape index (κ3) is 3.35. The van der Waals surface area contributed by atoms with Gasteiger partial charge in [-0.2, -0.15) is 10.5 Å². The van der Waals surface area contributed by atoms with Gasteiger partial charge < -0.3 is 16.0 Å². The number of halogens is 1. The lowest BCUT2D eigenvalue weighted by Gasteiger charge is -2.20. The second-order valence-electron chi connectivity index (χ2n) is 4.24. The maximum atomic E-state index is 8.84. The number of hydrogen-bond donors (Lipinski definition) is 2. The maximum Gasteiger partial charge on any atom is 0.159 e. The first-order valence-corrected chi connectivity index (χ1v) is 6.66. The number of nitrogens with two attached hydrogens (primary N) is 1. The molecule has 0 fully saturated rings. The van der Waals surface area contributed by atoms with E-state index in [1.165, 1.54) is 11.2 Å². The van der Waals surface area contributed by atoms with Crippen molar-refractivity contribution in [2.24, 2.45) is 0 Å². The molecular weight excluding hydrogens is 302 g/mol. The molecular formula is C14H12ClN7. The van der Waals surface area contributed by atoms with Gasteiger partial charge in [-0.15, -0.1) is 0 Å². The zero-order valence-corrected chi connectivity index (χ0v) is 12.2. The van der Waals surface area contributed by atoms with Gasteiger partial charge in [-0.1, -0.05) is 23.7 Å². The predicted molar refractivity (Wildman–Crippen MR) is 84.6 cm³/mol. The van der Waals surface area contributed by atoms with Crippen LogP contribution in [-0.2, 0) is 0 Å². The molecule has 2 rings (SSSR count). The zero-order valence-electron chi connectivity index (χ0n) is 11.5. The molecule has 110 valence electrons. The number of benzene rings is 1. The maximum absolute atomic E-state index is 8.84. The normalized spacial score (nSPS) is 9.59. The Bertz CT molecular complexity index is 732. The minimum absolute atomic E-state index is 0.000304. The molecule has 2 aromatic rings. The van der Waals surface area contributed by atoms with E-state index in [-0.39, 0.29) is 18.8 Å². The smallest absolute Gasteiger partial charge is 0.159 e. The van der Waals surface area contributed by atoms with E-state index in [0.717, 1.165) is 0 Å². The van der Waals surface area contributed by atoms with Crippen molar-refractivity contribution in [1.82, 2.24) is 9.97 Å². The third-order valence-corrected chi connectivity index (χ3v) is 3.14. The van der Waals surface area contributed by atoms with Gasteiger partial charge in [-0.25, -0.2) is 9.97 Å². The number of nitrogens with one attached hydrogen (secondary N) is 1. The summed E-state index contributed by atoms with van der Waals surface area (Å²) in [5, 5.41) is 21.2. The van der Waals surface area contributed by atoms with Crippen LogP contribution in [0.15, 0.2) is 30.6 Å². The Morgan fingerprint density at radius 1 is 1.18 bits per heavy atom. The SMILES string of the molecule is N#CCN(CC#N)c1ncnc(Nc2ccccc2Cl)c1N. The Hall–Kier alpha value is -3.03. The largest absolute Gasteiger partial charge is 0.393 e. The molecule has 8 heteroatoms. The fourth-order valence-electron chi connectivity index (χ4n) is 1.80. The fraction of sp³-hybridized carbons (Fsp3) is 0.143. The van der Waals surface area contributed by atoms with Gasteiger partial charge in [0.25, 0.3) is 0 Å². The van der Waals surface area contributed by atoms with Crippen LogP contribution < -0.4 is 16.0 Å². The summed E-state index contributed by atoms with van der Waals surface area (Å²) in [5.41, 5.74) is 6.94. The van der Waals surface area contributed by atoms with E-state index in [1.807, 2.05) is 24.3 Å². The highest BCUT2D eigenvalue weighted by molar-refractivity contribution is 6.33. The zero-order chi connectivity index (χ0) is 15.9. The summed E-state index contributed by atoms with van der Waals surface area (Å²) in [6.45, 7) is 0.000608. The molecule has 0 atom stereocenters. The standard InChI is InChI=1S/C14H12ClN7/c15-10-3-1-2-4-11(10)21-13-12(18)14(20-9-19-13)22(7-5-16)8-6-17/h1-4,9H,7-8,18H2,(H,19,20,21). The Balaban J connectivity index is 2.35. The minimum atomic E-state index is 0.000304. The fourth-order valence-corrected chi connectivity index (χ4v) is 1.99. The number of nitrogen functional groups attached to an aromatic ring is 1. The molecule has 0 saturated carbocycles. The number of nitrogens with zero attached hydrogens (tertiary/aromatic N) is 5. The van der Waals surface area contributed by atoms with Crippen molar-refractivity contribution in [2.45, 2.75) is 0 Å². The topological polar surface area (TPSA) is 115 Å². The molecule has 7 nitrogen and oxygen atoms in total. The summed E-state index contributed by atoms with van der Waals surface area (Å²) >= 11 is 6.09. The van der Waals surface area contributed by atoms with Crippen LogP contribution in [0.4, 0.5) is 23.0 Å². The third-order valence-electron chi connectivity index (χ3n) is 2.81. The number of rotatable bonds is 5. The summed E-state index contributed by atoms with van der Waals surface area (Å²) in [7, 11) is 0. The molecule has 0 amide bonds. The first-order valence-electron chi connectivity index (χ1n) is 6.28. The van der Waals surface area contributed by atoms with Gasteiger partial charge in [0.1, 0.15) is 25.1 Å². The van der Waals surface area contributed by atoms with E-state index in [0.29, 0.717) is 22.3 Å². The highest BCUT2D eigenvalue weighted by Crippen LogP contribution is 2.30. The summed E-state index contributed by atoms with van der Waals surface area (Å²) in [6, 6.07) is 11.1. The summed E-state index contributed by atoms with van der Waals surface area (Å²) in [4.78, 5) is 9.60. The van der Waals surface area contributed by atoms with Crippen LogP contribution in [0.25, 0.3) is 0 Å². The van der Waals surface area contributed by atoms with Crippen molar-refractivity contribution < 1.29 is 0 Å². The molecule has 22 heavy (non-hydrogen) atoms. The number of aromatic nitrogens is 2. The van der Waals surface area contributed by atoms with Gasteiger partial charge >= 0.3 is 0 Å². The van der Waals surface area contributed by atoms with E-state index in [9.17, 15) is 0 Å². The number of para-hydroxylation sites is 1. The predicted octanol–water partition coefficient (Wildman–Crippen LogP) is 2.31. The van der Waals surface area contributed by atoms with Gasteiger partial charge in [0, 0.05) is 0 Å².